The molecule has 0 aliphatic carbocycles. The second-order valence-electron chi connectivity index (χ2n) is 9.69. The van der Waals surface area contributed by atoms with Gasteiger partial charge in [-0.3, -0.25) is 19.3 Å². The fourth-order valence-corrected chi connectivity index (χ4v) is 4.86. The Labute approximate surface area is 243 Å². The van der Waals surface area contributed by atoms with Gasteiger partial charge in [-0.15, -0.1) is 0 Å². The number of amides is 2. The number of nitrogens with one attached hydrogen (secondary N) is 1. The van der Waals surface area contributed by atoms with Crippen molar-refractivity contribution in [2.45, 2.75) is 25.6 Å². The predicted octanol–water partition coefficient (Wildman–Crippen LogP) is 5.52. The third-order valence-corrected chi connectivity index (χ3v) is 7.01. The number of hydrogen-bond acceptors (Lipinski definition) is 6. The lowest BCUT2D eigenvalue weighted by Gasteiger charge is -2.32. The largest absolute Gasteiger partial charge is 0.488 e. The number of pyridine rings is 1. The lowest BCUT2D eigenvalue weighted by Crippen LogP contribution is -2.43. The highest BCUT2D eigenvalue weighted by Crippen LogP contribution is 2.32. The molecule has 9 nitrogen and oxygen atoms in total. The van der Waals surface area contributed by atoms with Gasteiger partial charge in [0.25, 0.3) is 5.91 Å². The molecule has 1 atom stereocenters. The highest BCUT2D eigenvalue weighted by molar-refractivity contribution is 6.32. The number of carbonyl (C=O) groups excluding carboxylic acids is 2. The molecule has 0 saturated carbocycles. The molecule has 2 amide bonds. The van der Waals surface area contributed by atoms with Gasteiger partial charge in [0, 0.05) is 37.2 Å². The molecule has 10 heteroatoms. The van der Waals surface area contributed by atoms with Crippen molar-refractivity contribution in [1.82, 2.24) is 19.7 Å². The van der Waals surface area contributed by atoms with E-state index in [2.05, 4.69) is 22.0 Å². The van der Waals surface area contributed by atoms with E-state index in [0.717, 1.165) is 29.7 Å². The number of benzene rings is 2. The maximum atomic E-state index is 13.5. The Kier molecular flexibility index (Phi) is 8.64. The van der Waals surface area contributed by atoms with Crippen LogP contribution in [-0.4, -0.2) is 50.7 Å². The summed E-state index contributed by atoms with van der Waals surface area (Å²) in [5.74, 6) is 0.412. The van der Waals surface area contributed by atoms with Crippen LogP contribution in [-0.2, 0) is 18.4 Å². The maximum Gasteiger partial charge on any atom is 0.259 e. The third kappa shape index (κ3) is 6.93. The standard InChI is InChI=1S/C31H30ClN5O4/c1-3-30(38)37-14-6-8-25(19-37)41-29-15-21(22-17-34-36(2)18-22)9-11-26(29)31(39)35-23-10-12-28(27(32)16-23)40-20-24-7-4-5-13-33-24/h3-5,7,9-13,15-18,25H,1,6,8,14,19-20H2,2H3,(H,35,39)/t25-/m1/s1. The fourth-order valence-electron chi connectivity index (χ4n) is 4.63. The predicted molar refractivity (Wildman–Crippen MR) is 157 cm³/mol. The molecule has 0 radical (unpaired) electrons. The van der Waals surface area contributed by atoms with Crippen molar-refractivity contribution in [3.05, 3.63) is 102 Å². The summed E-state index contributed by atoms with van der Waals surface area (Å²) in [6, 6.07) is 16.1. The van der Waals surface area contributed by atoms with Crippen molar-refractivity contribution in [3.8, 4) is 22.6 Å². The summed E-state index contributed by atoms with van der Waals surface area (Å²) in [5.41, 5.74) is 3.39. The first-order chi connectivity index (χ1) is 19.9. The smallest absolute Gasteiger partial charge is 0.259 e. The van der Waals surface area contributed by atoms with Gasteiger partial charge in [-0.2, -0.15) is 5.10 Å². The molecule has 41 heavy (non-hydrogen) atoms. The molecule has 0 bridgehead atoms. The van der Waals surface area contributed by atoms with Crippen LogP contribution in [0.2, 0.25) is 5.02 Å². The highest BCUT2D eigenvalue weighted by atomic mass is 35.5. The second-order valence-corrected chi connectivity index (χ2v) is 10.1. The van der Waals surface area contributed by atoms with E-state index in [9.17, 15) is 9.59 Å². The van der Waals surface area contributed by atoms with E-state index >= 15 is 0 Å². The van der Waals surface area contributed by atoms with Crippen LogP contribution in [0.25, 0.3) is 11.1 Å². The van der Waals surface area contributed by atoms with E-state index < -0.39 is 0 Å². The van der Waals surface area contributed by atoms with E-state index in [-0.39, 0.29) is 24.5 Å². The minimum Gasteiger partial charge on any atom is -0.488 e. The number of aryl methyl sites for hydroxylation is 1. The van der Waals surface area contributed by atoms with Crippen molar-refractivity contribution in [3.63, 3.8) is 0 Å². The molecule has 1 aliphatic heterocycles. The number of ether oxygens (including phenoxy) is 2. The number of piperidine rings is 1. The zero-order valence-corrected chi connectivity index (χ0v) is 23.4. The molecule has 2 aromatic heterocycles. The van der Waals surface area contributed by atoms with E-state index in [1.807, 2.05) is 43.6 Å². The van der Waals surface area contributed by atoms with Gasteiger partial charge in [-0.25, -0.2) is 0 Å². The van der Waals surface area contributed by atoms with Crippen LogP contribution < -0.4 is 14.8 Å². The van der Waals surface area contributed by atoms with E-state index in [1.54, 1.807) is 46.2 Å². The first-order valence-corrected chi connectivity index (χ1v) is 13.6. The molecule has 5 rings (SSSR count). The molecular formula is C31H30ClN5O4. The quantitative estimate of drug-likeness (QED) is 0.266. The summed E-state index contributed by atoms with van der Waals surface area (Å²) in [6.07, 6.45) is 7.94. The molecule has 210 valence electrons. The fraction of sp³-hybridized carbons (Fsp3) is 0.226. The average molecular weight is 572 g/mol. The van der Waals surface area contributed by atoms with Gasteiger partial charge in [0.05, 0.1) is 29.0 Å². The first-order valence-electron chi connectivity index (χ1n) is 13.2. The number of carbonyl (C=O) groups is 2. The SMILES string of the molecule is C=CC(=O)N1CCC[C@@H](Oc2cc(-c3cnn(C)c3)ccc2C(=O)Nc2ccc(OCc3ccccn3)c(Cl)c2)C1. The number of hydrogen-bond donors (Lipinski definition) is 1. The summed E-state index contributed by atoms with van der Waals surface area (Å²) in [5, 5.41) is 7.52. The maximum absolute atomic E-state index is 13.5. The van der Waals surface area contributed by atoms with Crippen molar-refractivity contribution in [2.24, 2.45) is 7.05 Å². The number of aromatic nitrogens is 3. The van der Waals surface area contributed by atoms with Crippen molar-refractivity contribution in [1.29, 1.82) is 0 Å². The highest BCUT2D eigenvalue weighted by Gasteiger charge is 2.25. The topological polar surface area (TPSA) is 98.6 Å². The van der Waals surface area contributed by atoms with Crippen LogP contribution in [0, 0.1) is 0 Å². The Morgan fingerprint density at radius 2 is 2.02 bits per heavy atom. The van der Waals surface area contributed by atoms with Crippen molar-refractivity contribution in [2.75, 3.05) is 18.4 Å². The molecule has 1 aliphatic rings. The van der Waals surface area contributed by atoms with Crippen LogP contribution in [0.3, 0.4) is 0 Å². The van der Waals surface area contributed by atoms with Gasteiger partial charge in [0.2, 0.25) is 5.91 Å². The molecule has 3 heterocycles. The van der Waals surface area contributed by atoms with E-state index in [1.165, 1.54) is 6.08 Å². The number of likely N-dealkylation sites (tertiary alicyclic amines) is 1. The van der Waals surface area contributed by atoms with Crippen LogP contribution in [0.4, 0.5) is 5.69 Å². The summed E-state index contributed by atoms with van der Waals surface area (Å²) in [6.45, 7) is 4.93. The minimum absolute atomic E-state index is 0.135. The molecular weight excluding hydrogens is 542 g/mol. The van der Waals surface area contributed by atoms with E-state index in [4.69, 9.17) is 21.1 Å². The second kappa shape index (κ2) is 12.7. The van der Waals surface area contributed by atoms with Gasteiger partial charge in [-0.05, 0) is 66.9 Å². The zero-order chi connectivity index (χ0) is 28.8. The Bertz CT molecular complexity index is 1560. The Hall–Kier alpha value is -4.63. The third-order valence-electron chi connectivity index (χ3n) is 6.71. The van der Waals surface area contributed by atoms with Crippen molar-refractivity contribution < 1.29 is 19.1 Å². The van der Waals surface area contributed by atoms with Crippen LogP contribution in [0.5, 0.6) is 11.5 Å². The molecule has 1 saturated heterocycles. The van der Waals surface area contributed by atoms with Gasteiger partial charge >= 0.3 is 0 Å². The molecule has 0 spiro atoms. The monoisotopic (exact) mass is 571 g/mol. The van der Waals surface area contributed by atoms with Crippen LogP contribution >= 0.6 is 11.6 Å². The summed E-state index contributed by atoms with van der Waals surface area (Å²) in [4.78, 5) is 31.6. The summed E-state index contributed by atoms with van der Waals surface area (Å²) < 4.78 is 13.9. The van der Waals surface area contributed by atoms with Gasteiger partial charge in [0.15, 0.2) is 0 Å². The minimum atomic E-state index is -0.356. The Morgan fingerprint density at radius 3 is 2.76 bits per heavy atom. The van der Waals surface area contributed by atoms with Gasteiger partial charge < -0.3 is 19.7 Å². The summed E-state index contributed by atoms with van der Waals surface area (Å²) in [7, 11) is 1.84. The normalized spacial score (nSPS) is 14.8. The summed E-state index contributed by atoms with van der Waals surface area (Å²) >= 11 is 6.46. The van der Waals surface area contributed by atoms with E-state index in [0.29, 0.717) is 40.9 Å². The Balaban J connectivity index is 1.35. The van der Waals surface area contributed by atoms with Gasteiger partial charge in [-0.1, -0.05) is 30.3 Å². The molecule has 2 aromatic carbocycles. The molecule has 1 N–H and O–H groups in total. The van der Waals surface area contributed by atoms with Crippen LogP contribution in [0.15, 0.2) is 85.8 Å². The first kappa shape index (κ1) is 27.9. The number of nitrogens with zero attached hydrogens (tertiary/aromatic N) is 4. The number of halogens is 1. The average Bonchev–Trinajstić information content (AvgIpc) is 3.43. The molecule has 1 fully saturated rings. The lowest BCUT2D eigenvalue weighted by atomic mass is 10.0. The molecule has 4 aromatic rings. The van der Waals surface area contributed by atoms with Gasteiger partial charge in [0.1, 0.15) is 24.2 Å². The number of rotatable bonds is 9. The van der Waals surface area contributed by atoms with Crippen LogP contribution in [0.1, 0.15) is 28.9 Å². The lowest BCUT2D eigenvalue weighted by molar-refractivity contribution is -0.128. The Morgan fingerprint density at radius 1 is 1.15 bits per heavy atom. The van der Waals surface area contributed by atoms with Crippen molar-refractivity contribution >= 4 is 29.1 Å². The number of anilines is 1. The zero-order valence-electron chi connectivity index (χ0n) is 22.6. The molecule has 0 unspecified atom stereocenters.